The number of amides is 3. The van der Waals surface area contributed by atoms with Crippen molar-refractivity contribution in [2.75, 3.05) is 56.2 Å². The second-order valence-electron chi connectivity index (χ2n) is 11.4. The standard InChI is InChI=1S/C32H46N4O4S/c1-7-17-33(6)29(38)26-25-21-22(5)32(41-25)27(26)30(39)36(19-11-12-20-37)28(32)31(40)35(18-8-2)24-15-13-23(14-16-24)34(9-3)10-4/h7-8,13-16,22,25-28,37H,1-2,9-12,17-21H2,3-6H3/t22?,25-,26+,27-,28?,32?/m0/s1. The number of nitrogens with zero attached hydrogens (tertiary/aromatic N) is 4. The second-order valence-corrected chi connectivity index (χ2v) is 13.0. The van der Waals surface area contributed by atoms with Crippen LogP contribution in [0.3, 0.4) is 0 Å². The van der Waals surface area contributed by atoms with Gasteiger partial charge in [0.25, 0.3) is 5.91 Å². The molecule has 3 aliphatic rings. The molecule has 0 aliphatic carbocycles. The van der Waals surface area contributed by atoms with Crippen LogP contribution in [-0.4, -0.2) is 95.0 Å². The van der Waals surface area contributed by atoms with Crippen molar-refractivity contribution in [1.29, 1.82) is 0 Å². The maximum Gasteiger partial charge on any atom is 0.251 e. The van der Waals surface area contributed by atoms with E-state index in [0.29, 0.717) is 32.5 Å². The van der Waals surface area contributed by atoms with Gasteiger partial charge in [0.2, 0.25) is 11.8 Å². The fourth-order valence-corrected chi connectivity index (χ4v) is 9.69. The van der Waals surface area contributed by atoms with Crippen LogP contribution in [0.2, 0.25) is 0 Å². The predicted octanol–water partition coefficient (Wildman–Crippen LogP) is 3.81. The topological polar surface area (TPSA) is 84.4 Å². The SMILES string of the molecule is C=CCN(C)C(=O)[C@@H]1[C@@H]2CC(C)C3(S2)C(C(=O)N(CC=C)c2ccc(N(CC)CC)cc2)N(CCCCO)C(=O)[C@H]13. The third-order valence-electron chi connectivity index (χ3n) is 9.22. The molecule has 41 heavy (non-hydrogen) atoms. The van der Waals surface area contributed by atoms with Crippen LogP contribution in [-0.2, 0) is 14.4 Å². The molecule has 3 aliphatic heterocycles. The molecular weight excluding hydrogens is 536 g/mol. The summed E-state index contributed by atoms with van der Waals surface area (Å²) in [6.45, 7) is 17.0. The number of thioether (sulfide) groups is 1. The van der Waals surface area contributed by atoms with Crippen LogP contribution in [0.25, 0.3) is 0 Å². The Labute approximate surface area is 249 Å². The molecule has 3 unspecified atom stereocenters. The van der Waals surface area contributed by atoms with Gasteiger partial charge in [-0.2, -0.15) is 0 Å². The largest absolute Gasteiger partial charge is 0.396 e. The summed E-state index contributed by atoms with van der Waals surface area (Å²) in [6.07, 6.45) is 5.34. The van der Waals surface area contributed by atoms with Crippen LogP contribution in [0.5, 0.6) is 0 Å². The lowest BCUT2D eigenvalue weighted by molar-refractivity contribution is -0.143. The molecule has 3 fully saturated rings. The van der Waals surface area contributed by atoms with Crippen LogP contribution in [0.15, 0.2) is 49.6 Å². The molecule has 0 aromatic heterocycles. The number of likely N-dealkylation sites (N-methyl/N-ethyl adjacent to an activating group) is 1. The number of fused-ring (bicyclic) bond motifs is 1. The molecule has 0 radical (unpaired) electrons. The predicted molar refractivity (Wildman–Crippen MR) is 167 cm³/mol. The van der Waals surface area contributed by atoms with Crippen molar-refractivity contribution in [1.82, 2.24) is 9.80 Å². The number of aliphatic hydroxyl groups excluding tert-OH is 1. The van der Waals surface area contributed by atoms with Gasteiger partial charge in [-0.15, -0.1) is 24.9 Å². The van der Waals surface area contributed by atoms with Gasteiger partial charge < -0.3 is 24.7 Å². The molecule has 3 saturated heterocycles. The lowest BCUT2D eigenvalue weighted by atomic mass is 9.65. The van der Waals surface area contributed by atoms with Crippen LogP contribution in [0.1, 0.15) is 40.0 Å². The summed E-state index contributed by atoms with van der Waals surface area (Å²) in [5.74, 6) is -1.22. The Morgan fingerprint density at radius 1 is 1.07 bits per heavy atom. The summed E-state index contributed by atoms with van der Waals surface area (Å²) in [7, 11) is 1.76. The first-order valence-corrected chi connectivity index (χ1v) is 15.8. The molecule has 1 aromatic rings. The van der Waals surface area contributed by atoms with Crippen LogP contribution in [0, 0.1) is 17.8 Å². The molecule has 224 valence electrons. The van der Waals surface area contributed by atoms with Gasteiger partial charge in [-0.25, -0.2) is 0 Å². The maximum atomic E-state index is 14.7. The number of benzene rings is 1. The second kappa shape index (κ2) is 13.0. The average molecular weight is 583 g/mol. The van der Waals surface area contributed by atoms with Gasteiger partial charge in [0, 0.05) is 63.0 Å². The summed E-state index contributed by atoms with van der Waals surface area (Å²) < 4.78 is -0.687. The maximum absolute atomic E-state index is 14.7. The first-order valence-electron chi connectivity index (χ1n) is 14.9. The number of carbonyl (C=O) groups excluding carboxylic acids is 3. The molecule has 4 rings (SSSR count). The summed E-state index contributed by atoms with van der Waals surface area (Å²) >= 11 is 1.69. The Kier molecular flexibility index (Phi) is 9.90. The molecule has 1 spiro atoms. The molecule has 3 heterocycles. The third-order valence-corrected chi connectivity index (χ3v) is 11.3. The highest BCUT2D eigenvalue weighted by Gasteiger charge is 2.76. The minimum atomic E-state index is -0.700. The van der Waals surface area contributed by atoms with E-state index in [1.165, 1.54) is 0 Å². The van der Waals surface area contributed by atoms with Gasteiger partial charge in [-0.1, -0.05) is 19.1 Å². The number of aliphatic hydroxyl groups is 1. The zero-order valence-corrected chi connectivity index (χ0v) is 25.8. The third kappa shape index (κ3) is 5.31. The fraction of sp³-hybridized carbons (Fsp3) is 0.594. The number of hydrogen-bond donors (Lipinski definition) is 1. The van der Waals surface area contributed by atoms with E-state index in [-0.39, 0.29) is 35.5 Å². The molecule has 3 amide bonds. The van der Waals surface area contributed by atoms with Crippen molar-refractivity contribution < 1.29 is 19.5 Å². The van der Waals surface area contributed by atoms with Crippen molar-refractivity contribution in [2.45, 2.75) is 56.1 Å². The molecule has 1 N–H and O–H groups in total. The monoisotopic (exact) mass is 582 g/mol. The van der Waals surface area contributed by atoms with E-state index in [9.17, 15) is 19.5 Å². The van der Waals surface area contributed by atoms with Crippen LogP contribution in [0.4, 0.5) is 11.4 Å². The van der Waals surface area contributed by atoms with Crippen molar-refractivity contribution >= 4 is 40.9 Å². The van der Waals surface area contributed by atoms with E-state index in [1.807, 2.05) is 24.3 Å². The van der Waals surface area contributed by atoms with Gasteiger partial charge in [0.05, 0.1) is 16.6 Å². The van der Waals surface area contributed by atoms with E-state index in [4.69, 9.17) is 0 Å². The van der Waals surface area contributed by atoms with Crippen molar-refractivity contribution in [2.24, 2.45) is 17.8 Å². The first kappa shape index (κ1) is 31.2. The summed E-state index contributed by atoms with van der Waals surface area (Å²) in [5, 5.41) is 9.46. The summed E-state index contributed by atoms with van der Waals surface area (Å²) in [4.78, 5) is 50.1. The number of carbonyl (C=O) groups is 3. The Morgan fingerprint density at radius 2 is 1.71 bits per heavy atom. The lowest BCUT2D eigenvalue weighted by Gasteiger charge is -2.41. The molecule has 9 heteroatoms. The quantitative estimate of drug-likeness (QED) is 0.265. The number of unbranched alkanes of at least 4 members (excludes halogenated alkanes) is 1. The average Bonchev–Trinajstić information content (AvgIpc) is 3.56. The van der Waals surface area contributed by atoms with E-state index in [2.05, 4.69) is 38.8 Å². The summed E-state index contributed by atoms with van der Waals surface area (Å²) in [6, 6.07) is 7.31. The van der Waals surface area contributed by atoms with Crippen LogP contribution >= 0.6 is 11.8 Å². The van der Waals surface area contributed by atoms with Gasteiger partial charge >= 0.3 is 0 Å². The molecule has 2 bridgehead atoms. The zero-order chi connectivity index (χ0) is 29.9. The highest BCUT2D eigenvalue weighted by atomic mass is 32.2. The van der Waals surface area contributed by atoms with Gasteiger partial charge in [-0.05, 0) is 63.3 Å². The highest BCUT2D eigenvalue weighted by molar-refractivity contribution is 8.02. The van der Waals surface area contributed by atoms with E-state index in [0.717, 1.165) is 30.9 Å². The number of rotatable bonds is 14. The van der Waals surface area contributed by atoms with Crippen molar-refractivity contribution in [3.63, 3.8) is 0 Å². The molecule has 0 saturated carbocycles. The highest BCUT2D eigenvalue weighted by Crippen LogP contribution is 2.69. The van der Waals surface area contributed by atoms with E-state index >= 15 is 0 Å². The Morgan fingerprint density at radius 3 is 2.29 bits per heavy atom. The Hall–Kier alpha value is -2.78. The van der Waals surface area contributed by atoms with Crippen molar-refractivity contribution in [3.05, 3.63) is 49.6 Å². The van der Waals surface area contributed by atoms with E-state index < -0.39 is 22.6 Å². The smallest absolute Gasteiger partial charge is 0.251 e. The van der Waals surface area contributed by atoms with Gasteiger partial charge in [0.1, 0.15) is 6.04 Å². The van der Waals surface area contributed by atoms with E-state index in [1.54, 1.807) is 45.7 Å². The molecule has 8 nitrogen and oxygen atoms in total. The summed E-state index contributed by atoms with van der Waals surface area (Å²) in [5.41, 5.74) is 1.85. The first-order chi connectivity index (χ1) is 19.7. The van der Waals surface area contributed by atoms with Gasteiger partial charge in [-0.3, -0.25) is 14.4 Å². The number of likely N-dealkylation sites (tertiary alicyclic amines) is 1. The zero-order valence-electron chi connectivity index (χ0n) is 25.0. The minimum absolute atomic E-state index is 0.00480. The Balaban J connectivity index is 1.75. The van der Waals surface area contributed by atoms with Crippen LogP contribution < -0.4 is 9.80 Å². The Bertz CT molecular complexity index is 1140. The number of anilines is 2. The molecule has 6 atom stereocenters. The fourth-order valence-electron chi connectivity index (χ4n) is 7.28. The molecular formula is C32H46N4O4S. The lowest BCUT2D eigenvalue weighted by Crippen LogP contribution is -2.57. The normalized spacial score (nSPS) is 28.0. The molecule has 1 aromatic carbocycles. The van der Waals surface area contributed by atoms with Gasteiger partial charge in [0.15, 0.2) is 0 Å². The van der Waals surface area contributed by atoms with Crippen molar-refractivity contribution in [3.8, 4) is 0 Å². The number of hydrogen-bond acceptors (Lipinski definition) is 6. The minimum Gasteiger partial charge on any atom is -0.396 e.